The van der Waals surface area contributed by atoms with Crippen LogP contribution in [0.2, 0.25) is 0 Å². The van der Waals surface area contributed by atoms with Crippen LogP contribution in [0.4, 0.5) is 5.82 Å². The summed E-state index contributed by atoms with van der Waals surface area (Å²) < 4.78 is 5.12. The highest BCUT2D eigenvalue weighted by molar-refractivity contribution is 5.98. The number of nitrogen functional groups attached to an aromatic ring is 1. The molecule has 0 aliphatic carbocycles. The van der Waals surface area contributed by atoms with Crippen LogP contribution in [0.5, 0.6) is 0 Å². The maximum Gasteiger partial charge on any atom is 0.257 e. The van der Waals surface area contributed by atoms with E-state index in [4.69, 9.17) is 10.6 Å². The Morgan fingerprint density at radius 1 is 1.72 bits per heavy atom. The number of hydrogen-bond donors (Lipinski definition) is 2. The smallest absolute Gasteiger partial charge is 0.257 e. The second-order valence-electron chi connectivity index (χ2n) is 4.41. The molecule has 1 amide bonds. The Hall–Kier alpha value is -1.66. The van der Waals surface area contributed by atoms with E-state index in [1.165, 1.54) is 0 Å². The Morgan fingerprint density at radius 3 is 3.28 bits per heavy atom. The van der Waals surface area contributed by atoms with E-state index in [9.17, 15) is 4.79 Å². The van der Waals surface area contributed by atoms with E-state index in [1.807, 2.05) is 4.90 Å². The van der Waals surface area contributed by atoms with Gasteiger partial charge in [0.2, 0.25) is 0 Å². The molecule has 1 atom stereocenters. The summed E-state index contributed by atoms with van der Waals surface area (Å²) in [6, 6.07) is 3.46. The molecule has 0 bridgehead atoms. The number of aromatic nitrogens is 1. The van der Waals surface area contributed by atoms with E-state index < -0.39 is 0 Å². The van der Waals surface area contributed by atoms with Crippen molar-refractivity contribution < 1.29 is 9.53 Å². The summed E-state index contributed by atoms with van der Waals surface area (Å²) in [5, 5.41) is 0. The van der Waals surface area contributed by atoms with Gasteiger partial charge in [0.25, 0.3) is 5.91 Å². The third-order valence-corrected chi connectivity index (χ3v) is 3.15. The van der Waals surface area contributed by atoms with Crippen molar-refractivity contribution in [1.82, 2.24) is 9.88 Å². The molecule has 6 heteroatoms. The van der Waals surface area contributed by atoms with Gasteiger partial charge in [-0.1, -0.05) is 0 Å². The van der Waals surface area contributed by atoms with Crippen LogP contribution in [0.15, 0.2) is 18.3 Å². The van der Waals surface area contributed by atoms with Gasteiger partial charge in [-0.2, -0.15) is 0 Å². The topological polar surface area (TPSA) is 80.5 Å². The molecule has 1 aromatic rings. The van der Waals surface area contributed by atoms with Gasteiger partial charge in [-0.25, -0.2) is 10.8 Å². The number of nitrogens with one attached hydrogen (secondary N) is 1. The fraction of sp³-hybridized carbons (Fsp3) is 0.500. The number of nitrogens with two attached hydrogens (primary N) is 1. The van der Waals surface area contributed by atoms with Crippen molar-refractivity contribution in [2.45, 2.75) is 6.42 Å². The Labute approximate surface area is 106 Å². The molecule has 1 fully saturated rings. The average Bonchev–Trinajstić information content (AvgIpc) is 2.87. The van der Waals surface area contributed by atoms with Crippen LogP contribution in [-0.2, 0) is 4.74 Å². The number of likely N-dealkylation sites (tertiary alicyclic amines) is 1. The number of carbonyl (C=O) groups is 1. The Bertz CT molecular complexity index is 424. The van der Waals surface area contributed by atoms with Gasteiger partial charge in [0.1, 0.15) is 0 Å². The maximum absolute atomic E-state index is 12.3. The zero-order valence-corrected chi connectivity index (χ0v) is 10.4. The van der Waals surface area contributed by atoms with Crippen LogP contribution in [0.1, 0.15) is 16.8 Å². The lowest BCUT2D eigenvalue weighted by atomic mass is 10.1. The van der Waals surface area contributed by atoms with Crippen molar-refractivity contribution >= 4 is 11.7 Å². The first-order valence-corrected chi connectivity index (χ1v) is 5.96. The third kappa shape index (κ3) is 2.60. The van der Waals surface area contributed by atoms with E-state index in [2.05, 4.69) is 10.4 Å². The van der Waals surface area contributed by atoms with Gasteiger partial charge >= 0.3 is 0 Å². The molecule has 98 valence electrons. The number of methoxy groups -OCH3 is 1. The summed E-state index contributed by atoms with van der Waals surface area (Å²) in [7, 11) is 1.68. The van der Waals surface area contributed by atoms with Crippen molar-refractivity contribution in [3.05, 3.63) is 23.9 Å². The number of hydrogen-bond acceptors (Lipinski definition) is 5. The molecule has 1 unspecified atom stereocenters. The molecule has 2 rings (SSSR count). The first-order chi connectivity index (χ1) is 8.76. The molecule has 3 N–H and O–H groups in total. The summed E-state index contributed by atoms with van der Waals surface area (Å²) in [5.74, 6) is 6.16. The lowest BCUT2D eigenvalue weighted by molar-refractivity contribution is 0.0776. The van der Waals surface area contributed by atoms with E-state index in [-0.39, 0.29) is 5.91 Å². The lowest BCUT2D eigenvalue weighted by Crippen LogP contribution is -2.30. The molecular formula is C12H18N4O2. The predicted octanol–water partition coefficient (Wildman–Crippen LogP) is 0.476. The van der Waals surface area contributed by atoms with Crippen LogP contribution < -0.4 is 11.3 Å². The van der Waals surface area contributed by atoms with Crippen molar-refractivity contribution in [2.75, 3.05) is 32.2 Å². The zero-order chi connectivity index (χ0) is 13.0. The van der Waals surface area contributed by atoms with Crippen molar-refractivity contribution in [1.29, 1.82) is 0 Å². The van der Waals surface area contributed by atoms with Gasteiger partial charge in [0, 0.05) is 32.3 Å². The largest absolute Gasteiger partial charge is 0.384 e. The Balaban J connectivity index is 2.08. The SMILES string of the molecule is COCC1CCN(C(=O)c2cccnc2NN)C1. The standard InChI is InChI=1S/C12H18N4O2/c1-18-8-9-4-6-16(7-9)12(17)10-3-2-5-14-11(10)15-13/h2-3,5,9H,4,6-8,13H2,1H3,(H,14,15). The Morgan fingerprint density at radius 2 is 2.56 bits per heavy atom. The fourth-order valence-corrected chi connectivity index (χ4v) is 2.25. The molecule has 0 aromatic carbocycles. The van der Waals surface area contributed by atoms with Crippen LogP contribution in [0, 0.1) is 5.92 Å². The van der Waals surface area contributed by atoms with Gasteiger partial charge in [0.15, 0.2) is 5.82 Å². The molecule has 1 saturated heterocycles. The first-order valence-electron chi connectivity index (χ1n) is 5.96. The van der Waals surface area contributed by atoms with Crippen LogP contribution in [-0.4, -0.2) is 42.6 Å². The zero-order valence-electron chi connectivity index (χ0n) is 10.4. The summed E-state index contributed by atoms with van der Waals surface area (Å²) >= 11 is 0. The van der Waals surface area contributed by atoms with Gasteiger partial charge in [-0.05, 0) is 18.6 Å². The van der Waals surface area contributed by atoms with E-state index in [1.54, 1.807) is 25.4 Å². The minimum absolute atomic E-state index is 0.0327. The minimum atomic E-state index is -0.0327. The van der Waals surface area contributed by atoms with Crippen LogP contribution in [0.3, 0.4) is 0 Å². The monoisotopic (exact) mass is 250 g/mol. The molecule has 1 aliphatic rings. The number of anilines is 1. The number of pyridine rings is 1. The van der Waals surface area contributed by atoms with E-state index in [0.717, 1.165) is 19.5 Å². The lowest BCUT2D eigenvalue weighted by Gasteiger charge is -2.17. The third-order valence-electron chi connectivity index (χ3n) is 3.15. The fourth-order valence-electron chi connectivity index (χ4n) is 2.25. The molecule has 6 nitrogen and oxygen atoms in total. The highest BCUT2D eigenvalue weighted by Crippen LogP contribution is 2.21. The number of rotatable bonds is 4. The predicted molar refractivity (Wildman–Crippen MR) is 67.9 cm³/mol. The summed E-state index contributed by atoms with van der Waals surface area (Å²) in [4.78, 5) is 18.2. The molecule has 0 saturated carbocycles. The minimum Gasteiger partial charge on any atom is -0.384 e. The highest BCUT2D eigenvalue weighted by atomic mass is 16.5. The van der Waals surface area contributed by atoms with Gasteiger partial charge in [-0.15, -0.1) is 0 Å². The number of carbonyl (C=O) groups excluding carboxylic acids is 1. The second-order valence-corrected chi connectivity index (χ2v) is 4.41. The molecule has 2 heterocycles. The van der Waals surface area contributed by atoms with Crippen LogP contribution >= 0.6 is 0 Å². The van der Waals surface area contributed by atoms with Crippen LogP contribution in [0.25, 0.3) is 0 Å². The van der Waals surface area contributed by atoms with E-state index >= 15 is 0 Å². The normalized spacial score (nSPS) is 19.0. The number of amides is 1. The number of ether oxygens (including phenoxy) is 1. The Kier molecular flexibility index (Phi) is 4.11. The van der Waals surface area contributed by atoms with Gasteiger partial charge in [-0.3, -0.25) is 4.79 Å². The van der Waals surface area contributed by atoms with Crippen molar-refractivity contribution in [2.24, 2.45) is 11.8 Å². The van der Waals surface area contributed by atoms with Gasteiger partial charge in [0.05, 0.1) is 12.2 Å². The molecule has 1 aliphatic heterocycles. The van der Waals surface area contributed by atoms with Gasteiger partial charge < -0.3 is 15.1 Å². The molecule has 0 radical (unpaired) electrons. The van der Waals surface area contributed by atoms with Crippen molar-refractivity contribution in [3.8, 4) is 0 Å². The molecule has 0 spiro atoms. The molecular weight excluding hydrogens is 232 g/mol. The summed E-state index contributed by atoms with van der Waals surface area (Å²) in [6.45, 7) is 2.18. The average molecular weight is 250 g/mol. The highest BCUT2D eigenvalue weighted by Gasteiger charge is 2.28. The number of nitrogens with zero attached hydrogens (tertiary/aromatic N) is 2. The summed E-state index contributed by atoms with van der Waals surface area (Å²) in [5.41, 5.74) is 2.97. The molecule has 18 heavy (non-hydrogen) atoms. The molecule has 1 aromatic heterocycles. The van der Waals surface area contributed by atoms with Crippen molar-refractivity contribution in [3.63, 3.8) is 0 Å². The quantitative estimate of drug-likeness (QED) is 0.600. The first kappa shape index (κ1) is 12.8. The second kappa shape index (κ2) is 5.79. The summed E-state index contributed by atoms with van der Waals surface area (Å²) in [6.07, 6.45) is 2.58. The maximum atomic E-state index is 12.3. The van der Waals surface area contributed by atoms with E-state index in [0.29, 0.717) is 23.9 Å². The number of hydrazine groups is 1.